The van der Waals surface area contributed by atoms with E-state index in [1.165, 1.54) is 10.9 Å². The van der Waals surface area contributed by atoms with Gasteiger partial charge in [-0.3, -0.25) is 4.40 Å². The number of imidazole rings is 1. The Hall–Kier alpha value is -3.15. The van der Waals surface area contributed by atoms with E-state index in [0.29, 0.717) is 29.9 Å². The van der Waals surface area contributed by atoms with Crippen molar-refractivity contribution in [2.75, 3.05) is 5.73 Å². The van der Waals surface area contributed by atoms with Gasteiger partial charge in [0.05, 0.1) is 5.69 Å². The highest BCUT2D eigenvalue weighted by Crippen LogP contribution is 2.40. The van der Waals surface area contributed by atoms with E-state index in [9.17, 15) is 4.79 Å². The number of carbonyl (C=O) groups is 1. The van der Waals surface area contributed by atoms with Crippen LogP contribution >= 0.6 is 0 Å². The van der Waals surface area contributed by atoms with Crippen molar-refractivity contribution in [3.8, 4) is 11.4 Å². The number of aromatic amines is 1. The lowest BCUT2D eigenvalue weighted by atomic mass is 9.79. The topological polar surface area (TPSA) is 89.1 Å². The van der Waals surface area contributed by atoms with Gasteiger partial charge in [-0.25, -0.2) is 9.97 Å². The summed E-state index contributed by atoms with van der Waals surface area (Å²) in [5.41, 5.74) is 11.4. The van der Waals surface area contributed by atoms with Gasteiger partial charge in [0.25, 0.3) is 0 Å². The van der Waals surface area contributed by atoms with Gasteiger partial charge in [-0.1, -0.05) is 18.2 Å². The van der Waals surface area contributed by atoms with Crippen LogP contribution in [-0.4, -0.2) is 25.1 Å². The number of rotatable bonds is 5. The van der Waals surface area contributed by atoms with Crippen LogP contribution in [0.4, 0.5) is 5.82 Å². The summed E-state index contributed by atoms with van der Waals surface area (Å²) in [7, 11) is 0. The van der Waals surface area contributed by atoms with Crippen molar-refractivity contribution in [2.24, 2.45) is 5.92 Å². The first-order chi connectivity index (χ1) is 15.0. The average Bonchev–Trinajstić information content (AvgIpc) is 3.32. The highest BCUT2D eigenvalue weighted by molar-refractivity contribution is 5.94. The summed E-state index contributed by atoms with van der Waals surface area (Å²) in [5.74, 6) is 2.91. The first-order valence-electron chi connectivity index (χ1n) is 11.2. The van der Waals surface area contributed by atoms with E-state index >= 15 is 0 Å². The summed E-state index contributed by atoms with van der Waals surface area (Å²) in [5, 5.41) is 1.20. The van der Waals surface area contributed by atoms with Gasteiger partial charge in [-0.05, 0) is 63.5 Å². The van der Waals surface area contributed by atoms with E-state index in [2.05, 4.69) is 39.5 Å². The summed E-state index contributed by atoms with van der Waals surface area (Å²) in [6.45, 7) is 3.82. The lowest BCUT2D eigenvalue weighted by Crippen LogP contribution is -2.16. The normalized spacial score (nSPS) is 19.3. The molecule has 0 bridgehead atoms. The Morgan fingerprint density at radius 2 is 2.00 bits per heavy atom. The molecular weight excluding hydrogens is 386 g/mol. The van der Waals surface area contributed by atoms with E-state index in [-0.39, 0.29) is 0 Å². The number of Topliss-reactive ketones (excluding diaryl/α,β-unsaturated/α-hetero) is 1. The number of ketones is 1. The van der Waals surface area contributed by atoms with Crippen LogP contribution in [0.3, 0.4) is 0 Å². The number of fused-ring (bicyclic) bond motifs is 2. The highest BCUT2D eigenvalue weighted by atomic mass is 16.1. The van der Waals surface area contributed by atoms with Crippen LogP contribution in [0.25, 0.3) is 27.8 Å². The molecule has 3 aromatic heterocycles. The molecule has 1 saturated carbocycles. The fraction of sp³-hybridized carbons (Fsp3) is 0.400. The van der Waals surface area contributed by atoms with Crippen LogP contribution < -0.4 is 5.73 Å². The van der Waals surface area contributed by atoms with Crippen molar-refractivity contribution >= 4 is 28.0 Å². The first-order valence-corrected chi connectivity index (χ1v) is 11.2. The maximum atomic E-state index is 11.3. The molecule has 6 heteroatoms. The van der Waals surface area contributed by atoms with Crippen LogP contribution in [0.1, 0.15) is 62.8 Å². The Morgan fingerprint density at radius 3 is 2.74 bits per heavy atom. The third kappa shape index (κ3) is 3.50. The second-order valence-corrected chi connectivity index (χ2v) is 8.98. The molecule has 1 aliphatic rings. The Bertz CT molecular complexity index is 1260. The molecule has 160 valence electrons. The van der Waals surface area contributed by atoms with Gasteiger partial charge in [0.15, 0.2) is 0 Å². The van der Waals surface area contributed by atoms with Gasteiger partial charge in [0.1, 0.15) is 28.6 Å². The molecule has 1 aliphatic carbocycles. The summed E-state index contributed by atoms with van der Waals surface area (Å²) >= 11 is 0. The van der Waals surface area contributed by atoms with E-state index in [1.54, 1.807) is 13.1 Å². The van der Waals surface area contributed by atoms with Gasteiger partial charge in [-0.2, -0.15) is 0 Å². The molecule has 31 heavy (non-hydrogen) atoms. The molecule has 0 spiro atoms. The lowest BCUT2D eigenvalue weighted by molar-refractivity contribution is -0.117. The van der Waals surface area contributed by atoms with Crippen LogP contribution in [0, 0.1) is 12.8 Å². The van der Waals surface area contributed by atoms with Crippen molar-refractivity contribution in [1.82, 2.24) is 19.4 Å². The molecule has 1 aromatic carbocycles. The summed E-state index contributed by atoms with van der Waals surface area (Å²) in [6.07, 6.45) is 9.94. The minimum atomic E-state index is 0.294. The van der Waals surface area contributed by atoms with E-state index in [1.807, 2.05) is 12.3 Å². The summed E-state index contributed by atoms with van der Waals surface area (Å²) in [4.78, 5) is 24.4. The number of nitrogens with two attached hydrogens (primary N) is 1. The number of aromatic nitrogens is 4. The average molecular weight is 416 g/mol. The number of nitrogen functional groups attached to an aromatic ring is 1. The monoisotopic (exact) mass is 415 g/mol. The molecule has 0 radical (unpaired) electrons. The molecule has 0 aliphatic heterocycles. The Labute approximate surface area is 181 Å². The van der Waals surface area contributed by atoms with Crippen LogP contribution in [0.2, 0.25) is 0 Å². The predicted molar refractivity (Wildman–Crippen MR) is 124 cm³/mol. The Morgan fingerprint density at radius 1 is 1.23 bits per heavy atom. The fourth-order valence-electron chi connectivity index (χ4n) is 5.19. The molecule has 0 amide bonds. The van der Waals surface area contributed by atoms with E-state index in [0.717, 1.165) is 60.3 Å². The highest BCUT2D eigenvalue weighted by Gasteiger charge is 2.28. The molecule has 6 nitrogen and oxygen atoms in total. The Kier molecular flexibility index (Phi) is 5.00. The number of hydrogen-bond acceptors (Lipinski definition) is 4. The molecule has 1 fully saturated rings. The molecule has 5 rings (SSSR count). The first kappa shape index (κ1) is 19.8. The number of para-hydroxylation sites is 1. The molecule has 3 heterocycles. The lowest BCUT2D eigenvalue weighted by Gasteiger charge is -2.27. The largest absolute Gasteiger partial charge is 0.382 e. The molecule has 4 aromatic rings. The zero-order chi connectivity index (χ0) is 21.5. The maximum absolute atomic E-state index is 11.3. The minimum Gasteiger partial charge on any atom is -0.382 e. The summed E-state index contributed by atoms with van der Waals surface area (Å²) in [6, 6.07) is 8.33. The SMILES string of the molecule is CC(=O)CCC1CCC(c2nc(-c3[nH]c4ccccc4c3C)c3c(N)nccn23)CC1. The fourth-order valence-corrected chi connectivity index (χ4v) is 5.19. The van der Waals surface area contributed by atoms with Gasteiger partial charge in [0, 0.05) is 35.6 Å². The van der Waals surface area contributed by atoms with Crippen LogP contribution in [0.15, 0.2) is 36.7 Å². The number of H-pyrrole nitrogens is 1. The zero-order valence-electron chi connectivity index (χ0n) is 18.2. The van der Waals surface area contributed by atoms with Gasteiger partial charge in [-0.15, -0.1) is 0 Å². The van der Waals surface area contributed by atoms with Gasteiger partial charge >= 0.3 is 0 Å². The minimum absolute atomic E-state index is 0.294. The summed E-state index contributed by atoms with van der Waals surface area (Å²) < 4.78 is 2.14. The third-order valence-corrected chi connectivity index (χ3v) is 6.93. The van der Waals surface area contributed by atoms with Crippen molar-refractivity contribution in [1.29, 1.82) is 0 Å². The number of benzene rings is 1. The van der Waals surface area contributed by atoms with Crippen molar-refractivity contribution in [2.45, 2.75) is 58.3 Å². The number of anilines is 1. The van der Waals surface area contributed by atoms with Crippen LogP contribution in [0.5, 0.6) is 0 Å². The van der Waals surface area contributed by atoms with Crippen molar-refractivity contribution < 1.29 is 4.79 Å². The van der Waals surface area contributed by atoms with Crippen LogP contribution in [-0.2, 0) is 4.79 Å². The number of aryl methyl sites for hydroxylation is 1. The molecule has 0 unspecified atom stereocenters. The number of nitrogens with one attached hydrogen (secondary N) is 1. The van der Waals surface area contributed by atoms with Crippen molar-refractivity contribution in [3.63, 3.8) is 0 Å². The second kappa shape index (κ2) is 7.84. The zero-order valence-corrected chi connectivity index (χ0v) is 18.2. The van der Waals surface area contributed by atoms with Crippen molar-refractivity contribution in [3.05, 3.63) is 48.0 Å². The third-order valence-electron chi connectivity index (χ3n) is 6.93. The number of nitrogens with zero attached hydrogens (tertiary/aromatic N) is 3. The second-order valence-electron chi connectivity index (χ2n) is 8.98. The number of hydrogen-bond donors (Lipinski definition) is 2. The molecule has 0 saturated heterocycles. The molecular formula is C25H29N5O. The molecule has 0 atom stereocenters. The van der Waals surface area contributed by atoms with E-state index in [4.69, 9.17) is 10.7 Å². The Balaban J connectivity index is 1.53. The maximum Gasteiger partial charge on any atom is 0.150 e. The molecule has 3 N–H and O–H groups in total. The van der Waals surface area contributed by atoms with E-state index < -0.39 is 0 Å². The number of carbonyl (C=O) groups excluding carboxylic acids is 1. The standard InChI is InChI=1S/C25H29N5O/c1-15(31)7-8-17-9-11-18(12-10-17)25-29-22(23-24(26)27-13-14-30(23)25)21-16(2)19-5-3-4-6-20(19)28-21/h3-6,13-14,17-18,28H,7-12H2,1-2H3,(H2,26,27). The smallest absolute Gasteiger partial charge is 0.150 e. The van der Waals surface area contributed by atoms with Gasteiger partial charge < -0.3 is 15.5 Å². The quantitative estimate of drug-likeness (QED) is 0.456. The van der Waals surface area contributed by atoms with Gasteiger partial charge in [0.2, 0.25) is 0 Å². The predicted octanol–water partition coefficient (Wildman–Crippen LogP) is 5.41.